The number of thioether (sulfide) groups is 1. The molecule has 1 aromatic rings. The average molecular weight is 439 g/mol. The molecule has 0 radical (unpaired) electrons. The minimum atomic E-state index is -0.619. The maximum Gasteiger partial charge on any atom is 0.191 e. The van der Waals surface area contributed by atoms with Gasteiger partial charge in [-0.05, 0) is 30.9 Å². The van der Waals surface area contributed by atoms with Crippen LogP contribution in [0, 0.1) is 0 Å². The Morgan fingerprint density at radius 2 is 2.00 bits per heavy atom. The van der Waals surface area contributed by atoms with Gasteiger partial charge in [-0.25, -0.2) is 0 Å². The van der Waals surface area contributed by atoms with Gasteiger partial charge in [0.15, 0.2) is 5.96 Å². The van der Waals surface area contributed by atoms with Crippen molar-refractivity contribution in [3.05, 3.63) is 29.8 Å². The quantitative estimate of drug-likeness (QED) is 0.251. The van der Waals surface area contributed by atoms with Gasteiger partial charge >= 0.3 is 0 Å². The Labute approximate surface area is 154 Å². The molecule has 0 fully saturated rings. The number of methoxy groups -OCH3 is 1. The summed E-state index contributed by atoms with van der Waals surface area (Å²) in [6.07, 6.45) is 1.45. The van der Waals surface area contributed by atoms with Crippen LogP contribution in [-0.2, 0) is 0 Å². The molecule has 3 N–H and O–H groups in total. The average Bonchev–Trinajstić information content (AvgIpc) is 2.52. The van der Waals surface area contributed by atoms with Crippen LogP contribution in [0.2, 0.25) is 0 Å². The zero-order chi connectivity index (χ0) is 15.5. The smallest absolute Gasteiger partial charge is 0.191 e. The van der Waals surface area contributed by atoms with Crippen LogP contribution in [0.4, 0.5) is 0 Å². The number of nitrogens with zero attached hydrogens (tertiary/aromatic N) is 1. The van der Waals surface area contributed by atoms with Crippen LogP contribution in [0.1, 0.15) is 18.6 Å². The van der Waals surface area contributed by atoms with Gasteiger partial charge in [0.05, 0.1) is 19.8 Å². The molecule has 0 aliphatic rings. The highest BCUT2D eigenvalue weighted by Gasteiger charge is 2.07. The Balaban J connectivity index is 0.00000441. The van der Waals surface area contributed by atoms with E-state index < -0.39 is 6.10 Å². The Morgan fingerprint density at radius 1 is 1.32 bits per heavy atom. The molecule has 22 heavy (non-hydrogen) atoms. The van der Waals surface area contributed by atoms with Crippen LogP contribution in [-0.4, -0.2) is 49.8 Å². The van der Waals surface area contributed by atoms with E-state index in [0.29, 0.717) is 6.54 Å². The van der Waals surface area contributed by atoms with Crippen LogP contribution in [0.5, 0.6) is 5.75 Å². The van der Waals surface area contributed by atoms with Gasteiger partial charge in [-0.3, -0.25) is 4.99 Å². The number of nitrogens with one attached hydrogen (secondary N) is 2. The van der Waals surface area contributed by atoms with Crippen molar-refractivity contribution in [1.29, 1.82) is 0 Å². The molecule has 0 aliphatic carbocycles. The number of aliphatic hydroxyl groups is 1. The lowest BCUT2D eigenvalue weighted by Crippen LogP contribution is -2.38. The van der Waals surface area contributed by atoms with E-state index in [-0.39, 0.29) is 24.0 Å². The fourth-order valence-corrected chi connectivity index (χ4v) is 2.03. The van der Waals surface area contributed by atoms with Gasteiger partial charge in [0.25, 0.3) is 0 Å². The van der Waals surface area contributed by atoms with Crippen LogP contribution in [0.3, 0.4) is 0 Å². The second kappa shape index (κ2) is 12.8. The second-order valence-electron chi connectivity index (χ2n) is 4.43. The van der Waals surface area contributed by atoms with Gasteiger partial charge in [0.1, 0.15) is 5.75 Å². The van der Waals surface area contributed by atoms with Gasteiger partial charge in [0, 0.05) is 18.8 Å². The zero-order valence-corrected chi connectivity index (χ0v) is 16.5. The van der Waals surface area contributed by atoms with Gasteiger partial charge in [-0.2, -0.15) is 11.8 Å². The summed E-state index contributed by atoms with van der Waals surface area (Å²) in [7, 11) is 1.62. The fraction of sp³-hybridized carbons (Fsp3) is 0.533. The predicted molar refractivity (Wildman–Crippen MR) is 106 cm³/mol. The molecule has 0 spiro atoms. The summed E-state index contributed by atoms with van der Waals surface area (Å²) in [5.74, 6) is 2.53. The third kappa shape index (κ3) is 8.09. The topological polar surface area (TPSA) is 65.9 Å². The van der Waals surface area contributed by atoms with E-state index in [1.54, 1.807) is 18.9 Å². The van der Waals surface area contributed by atoms with E-state index in [1.807, 2.05) is 31.2 Å². The van der Waals surface area contributed by atoms with E-state index in [9.17, 15) is 5.11 Å². The first-order chi connectivity index (χ1) is 10.2. The van der Waals surface area contributed by atoms with E-state index >= 15 is 0 Å². The standard InChI is InChI=1S/C15H25N3O2S.HI/c1-4-16-15(17-9-10-21-3)18-11-14(19)12-5-7-13(20-2)8-6-12;/h5-8,14,19H,4,9-11H2,1-3H3,(H2,16,17,18);1H. The zero-order valence-electron chi connectivity index (χ0n) is 13.3. The maximum absolute atomic E-state index is 10.2. The van der Waals surface area contributed by atoms with E-state index in [0.717, 1.165) is 36.1 Å². The maximum atomic E-state index is 10.2. The van der Waals surface area contributed by atoms with E-state index in [4.69, 9.17) is 4.74 Å². The minimum Gasteiger partial charge on any atom is -0.497 e. The van der Waals surface area contributed by atoms with E-state index in [2.05, 4.69) is 21.9 Å². The van der Waals surface area contributed by atoms with Crippen molar-refractivity contribution in [2.45, 2.75) is 13.0 Å². The molecular weight excluding hydrogens is 413 g/mol. The van der Waals surface area contributed by atoms with Crippen LogP contribution in [0.25, 0.3) is 0 Å². The van der Waals surface area contributed by atoms with Crippen LogP contribution in [0.15, 0.2) is 29.3 Å². The Kier molecular flexibility index (Phi) is 12.4. The lowest BCUT2D eigenvalue weighted by molar-refractivity contribution is 0.187. The van der Waals surface area contributed by atoms with Crippen LogP contribution >= 0.6 is 35.7 Å². The molecule has 126 valence electrons. The molecule has 0 aromatic heterocycles. The van der Waals surface area contributed by atoms with Crippen LogP contribution < -0.4 is 15.4 Å². The third-order valence-corrected chi connectivity index (χ3v) is 3.48. The van der Waals surface area contributed by atoms with Crippen molar-refractivity contribution in [3.63, 3.8) is 0 Å². The molecule has 1 atom stereocenters. The number of halogens is 1. The summed E-state index contributed by atoms with van der Waals surface area (Å²) < 4.78 is 5.10. The van der Waals surface area contributed by atoms with E-state index in [1.165, 1.54) is 0 Å². The van der Waals surface area contributed by atoms with Gasteiger partial charge in [0.2, 0.25) is 0 Å². The highest BCUT2D eigenvalue weighted by molar-refractivity contribution is 14.0. The summed E-state index contributed by atoms with van der Waals surface area (Å²) in [4.78, 5) is 4.41. The van der Waals surface area contributed by atoms with Crippen molar-refractivity contribution < 1.29 is 9.84 Å². The largest absolute Gasteiger partial charge is 0.497 e. The second-order valence-corrected chi connectivity index (χ2v) is 5.41. The molecule has 0 bridgehead atoms. The van der Waals surface area contributed by atoms with Gasteiger partial charge < -0.3 is 20.5 Å². The monoisotopic (exact) mass is 439 g/mol. The number of aliphatic imine (C=N–C) groups is 1. The first-order valence-electron chi connectivity index (χ1n) is 7.04. The number of guanidine groups is 1. The van der Waals surface area contributed by atoms with Gasteiger partial charge in [-0.1, -0.05) is 12.1 Å². The Hall–Kier alpha value is -0.670. The van der Waals surface area contributed by atoms with Crippen molar-refractivity contribution in [2.24, 2.45) is 4.99 Å². The summed E-state index contributed by atoms with van der Waals surface area (Å²) in [6, 6.07) is 7.38. The normalized spacial score (nSPS) is 12.3. The predicted octanol–water partition coefficient (Wildman–Crippen LogP) is 2.26. The molecule has 1 unspecified atom stereocenters. The summed E-state index contributed by atoms with van der Waals surface area (Å²) in [6.45, 7) is 3.99. The number of benzene rings is 1. The molecule has 1 aromatic carbocycles. The third-order valence-electron chi connectivity index (χ3n) is 2.87. The molecule has 5 nitrogen and oxygen atoms in total. The lowest BCUT2D eigenvalue weighted by Gasteiger charge is -2.13. The van der Waals surface area contributed by atoms with Crippen molar-refractivity contribution in [3.8, 4) is 5.75 Å². The highest BCUT2D eigenvalue weighted by atomic mass is 127. The highest BCUT2D eigenvalue weighted by Crippen LogP contribution is 2.17. The molecule has 0 heterocycles. The number of aliphatic hydroxyl groups excluding tert-OH is 1. The van der Waals surface area contributed by atoms with Crippen molar-refractivity contribution in [2.75, 3.05) is 38.8 Å². The molecule has 0 saturated carbocycles. The molecular formula is C15H26IN3O2S. The SMILES string of the molecule is CCNC(=NCC(O)c1ccc(OC)cc1)NCCSC.I. The molecule has 0 aliphatic heterocycles. The fourth-order valence-electron chi connectivity index (χ4n) is 1.72. The lowest BCUT2D eigenvalue weighted by atomic mass is 10.1. The van der Waals surface area contributed by atoms with Crippen molar-refractivity contribution in [1.82, 2.24) is 10.6 Å². The molecule has 0 saturated heterocycles. The first kappa shape index (κ1) is 21.3. The summed E-state index contributed by atoms with van der Waals surface area (Å²) in [5, 5.41) is 16.6. The minimum absolute atomic E-state index is 0. The molecule has 1 rings (SSSR count). The molecule has 0 amide bonds. The van der Waals surface area contributed by atoms with Gasteiger partial charge in [-0.15, -0.1) is 24.0 Å². The molecule has 7 heteroatoms. The number of rotatable bonds is 8. The Morgan fingerprint density at radius 3 is 2.55 bits per heavy atom. The van der Waals surface area contributed by atoms with Crippen molar-refractivity contribution >= 4 is 41.7 Å². The number of ether oxygens (including phenoxy) is 1. The summed E-state index contributed by atoms with van der Waals surface area (Å²) in [5.41, 5.74) is 0.833. The number of hydrogen-bond donors (Lipinski definition) is 3. The summed E-state index contributed by atoms with van der Waals surface area (Å²) >= 11 is 1.78. The Bertz CT molecular complexity index is 429. The number of hydrogen-bond acceptors (Lipinski definition) is 4. The first-order valence-corrected chi connectivity index (χ1v) is 8.43.